The molecule has 0 amide bonds. The highest BCUT2D eigenvalue weighted by molar-refractivity contribution is 5.84. The normalized spacial score (nSPS) is 17.0. The van der Waals surface area contributed by atoms with Crippen LogP contribution in [0.2, 0.25) is 0 Å². The number of carbonyl (C=O) groups is 1. The summed E-state index contributed by atoms with van der Waals surface area (Å²) in [6, 6.07) is 1.32. The molecule has 0 atom stereocenters. The van der Waals surface area contributed by atoms with E-state index in [0.29, 0.717) is 24.0 Å². The van der Waals surface area contributed by atoms with E-state index < -0.39 is 17.2 Å². The SMILES string of the molecule is COc1c(F)cc(C)c(C2(C(=O)O)CCCC2)c1OC. The average Bonchev–Trinajstić information content (AvgIpc) is 2.88. The summed E-state index contributed by atoms with van der Waals surface area (Å²) in [6.45, 7) is 1.71. The summed E-state index contributed by atoms with van der Waals surface area (Å²) in [5, 5.41) is 9.70. The molecule has 0 spiro atoms. The van der Waals surface area contributed by atoms with Gasteiger partial charge in [-0.25, -0.2) is 4.39 Å². The summed E-state index contributed by atoms with van der Waals surface area (Å²) in [7, 11) is 2.76. The summed E-state index contributed by atoms with van der Waals surface area (Å²) >= 11 is 0. The molecule has 1 aromatic carbocycles. The predicted octanol–water partition coefficient (Wildman–Crippen LogP) is 3.05. The lowest BCUT2D eigenvalue weighted by Crippen LogP contribution is -2.34. The first-order valence-corrected chi connectivity index (χ1v) is 6.63. The minimum atomic E-state index is -1.00. The molecule has 110 valence electrons. The second-order valence-electron chi connectivity index (χ2n) is 5.21. The van der Waals surface area contributed by atoms with Crippen molar-refractivity contribution in [3.8, 4) is 11.5 Å². The van der Waals surface area contributed by atoms with Gasteiger partial charge in [0, 0.05) is 5.56 Å². The summed E-state index contributed by atoms with van der Waals surface area (Å²) in [6.07, 6.45) is 2.76. The van der Waals surface area contributed by atoms with E-state index in [4.69, 9.17) is 9.47 Å². The van der Waals surface area contributed by atoms with Crippen molar-refractivity contribution in [2.45, 2.75) is 38.0 Å². The molecule has 0 radical (unpaired) electrons. The highest BCUT2D eigenvalue weighted by Gasteiger charge is 2.46. The Hall–Kier alpha value is -1.78. The second kappa shape index (κ2) is 5.31. The van der Waals surface area contributed by atoms with Crippen LogP contribution in [0, 0.1) is 12.7 Å². The molecule has 0 saturated heterocycles. The number of ether oxygens (including phenoxy) is 2. The van der Waals surface area contributed by atoms with Gasteiger partial charge in [-0.1, -0.05) is 12.8 Å². The van der Waals surface area contributed by atoms with E-state index in [1.165, 1.54) is 20.3 Å². The first kappa shape index (κ1) is 14.6. The zero-order valence-electron chi connectivity index (χ0n) is 12.0. The van der Waals surface area contributed by atoms with Crippen molar-refractivity contribution in [2.24, 2.45) is 0 Å². The molecule has 2 rings (SSSR count). The number of carboxylic acids is 1. The highest BCUT2D eigenvalue weighted by Crippen LogP contribution is 2.49. The molecule has 4 nitrogen and oxygen atoms in total. The van der Waals surface area contributed by atoms with Crippen LogP contribution >= 0.6 is 0 Å². The van der Waals surface area contributed by atoms with Gasteiger partial charge < -0.3 is 14.6 Å². The van der Waals surface area contributed by atoms with Crippen LogP contribution in [0.4, 0.5) is 4.39 Å². The minimum Gasteiger partial charge on any atom is -0.492 e. The van der Waals surface area contributed by atoms with Gasteiger partial charge in [-0.3, -0.25) is 4.79 Å². The number of rotatable bonds is 4. The van der Waals surface area contributed by atoms with Crippen LogP contribution in [0.15, 0.2) is 6.07 Å². The lowest BCUT2D eigenvalue weighted by atomic mass is 9.76. The quantitative estimate of drug-likeness (QED) is 0.922. The molecule has 1 aliphatic rings. The average molecular weight is 282 g/mol. The van der Waals surface area contributed by atoms with Gasteiger partial charge in [0.2, 0.25) is 0 Å². The Kier molecular flexibility index (Phi) is 3.88. The third-order valence-electron chi connectivity index (χ3n) is 4.14. The molecular weight excluding hydrogens is 263 g/mol. The van der Waals surface area contributed by atoms with Crippen LogP contribution in [0.25, 0.3) is 0 Å². The topological polar surface area (TPSA) is 55.8 Å². The van der Waals surface area contributed by atoms with Crippen molar-refractivity contribution in [1.82, 2.24) is 0 Å². The first-order valence-electron chi connectivity index (χ1n) is 6.63. The zero-order valence-corrected chi connectivity index (χ0v) is 12.0. The van der Waals surface area contributed by atoms with Gasteiger partial charge in [-0.05, 0) is 31.4 Å². The number of carboxylic acid groups (broad SMARTS) is 1. The molecule has 5 heteroatoms. The van der Waals surface area contributed by atoms with Crippen LogP contribution in [-0.2, 0) is 10.2 Å². The van der Waals surface area contributed by atoms with Crippen LogP contribution in [0.1, 0.15) is 36.8 Å². The van der Waals surface area contributed by atoms with Gasteiger partial charge in [-0.2, -0.15) is 0 Å². The number of hydrogen-bond donors (Lipinski definition) is 1. The Labute approximate surface area is 117 Å². The maximum absolute atomic E-state index is 13.9. The fraction of sp³-hybridized carbons (Fsp3) is 0.533. The summed E-state index contributed by atoms with van der Waals surface area (Å²) < 4.78 is 24.3. The predicted molar refractivity (Wildman–Crippen MR) is 72.0 cm³/mol. The summed E-state index contributed by atoms with van der Waals surface area (Å²) in [5.74, 6) is -1.25. The van der Waals surface area contributed by atoms with Gasteiger partial charge in [0.15, 0.2) is 17.3 Å². The number of aliphatic carboxylic acids is 1. The van der Waals surface area contributed by atoms with E-state index in [1.807, 2.05) is 0 Å². The number of methoxy groups -OCH3 is 2. The maximum Gasteiger partial charge on any atom is 0.314 e. The van der Waals surface area contributed by atoms with Gasteiger partial charge in [0.1, 0.15) is 0 Å². The van der Waals surface area contributed by atoms with Crippen LogP contribution in [0.5, 0.6) is 11.5 Å². The van der Waals surface area contributed by atoms with Crippen molar-refractivity contribution < 1.29 is 23.8 Å². The molecule has 0 bridgehead atoms. The summed E-state index contributed by atoms with van der Waals surface area (Å²) in [4.78, 5) is 11.8. The molecule has 0 aromatic heterocycles. The maximum atomic E-state index is 13.9. The molecule has 1 aromatic rings. The van der Waals surface area contributed by atoms with E-state index in [9.17, 15) is 14.3 Å². The molecule has 1 N–H and O–H groups in total. The zero-order chi connectivity index (χ0) is 14.9. The number of benzene rings is 1. The van der Waals surface area contributed by atoms with E-state index >= 15 is 0 Å². The standard InChI is InChI=1S/C15H19FO4/c1-9-8-10(16)12(19-2)13(20-3)11(9)15(14(17)18)6-4-5-7-15/h8H,4-7H2,1-3H3,(H,17,18). The van der Waals surface area contributed by atoms with E-state index in [2.05, 4.69) is 0 Å². The lowest BCUT2D eigenvalue weighted by Gasteiger charge is -2.29. The Balaban J connectivity index is 2.75. The number of hydrogen-bond acceptors (Lipinski definition) is 3. The fourth-order valence-corrected chi connectivity index (χ4v) is 3.26. The molecule has 0 heterocycles. The molecule has 0 unspecified atom stereocenters. The highest BCUT2D eigenvalue weighted by atomic mass is 19.1. The van der Waals surface area contributed by atoms with Crippen molar-refractivity contribution in [3.05, 3.63) is 23.0 Å². The second-order valence-corrected chi connectivity index (χ2v) is 5.21. The van der Waals surface area contributed by atoms with E-state index in [1.54, 1.807) is 6.92 Å². The molecule has 1 fully saturated rings. The molecule has 0 aliphatic heterocycles. The smallest absolute Gasteiger partial charge is 0.314 e. The molecule has 20 heavy (non-hydrogen) atoms. The Morgan fingerprint density at radius 1 is 1.25 bits per heavy atom. The Bertz CT molecular complexity index is 533. The van der Waals surface area contributed by atoms with E-state index in [0.717, 1.165) is 12.8 Å². The van der Waals surface area contributed by atoms with Crippen LogP contribution < -0.4 is 9.47 Å². The van der Waals surface area contributed by atoms with Gasteiger partial charge in [0.05, 0.1) is 19.6 Å². The molecular formula is C15H19FO4. The van der Waals surface area contributed by atoms with Crippen molar-refractivity contribution >= 4 is 5.97 Å². The van der Waals surface area contributed by atoms with Gasteiger partial charge in [0.25, 0.3) is 0 Å². The Morgan fingerprint density at radius 2 is 1.80 bits per heavy atom. The minimum absolute atomic E-state index is 0.0272. The third kappa shape index (κ3) is 2.01. The van der Waals surface area contributed by atoms with Crippen LogP contribution in [0.3, 0.4) is 0 Å². The van der Waals surface area contributed by atoms with Crippen molar-refractivity contribution in [1.29, 1.82) is 0 Å². The molecule has 1 saturated carbocycles. The molecule has 1 aliphatic carbocycles. The monoisotopic (exact) mass is 282 g/mol. The van der Waals surface area contributed by atoms with Gasteiger partial charge in [-0.15, -0.1) is 0 Å². The number of halogens is 1. The van der Waals surface area contributed by atoms with Crippen molar-refractivity contribution in [2.75, 3.05) is 14.2 Å². The summed E-state index contributed by atoms with van der Waals surface area (Å²) in [5.41, 5.74) is 0.129. The number of aryl methyl sites for hydroxylation is 1. The first-order chi connectivity index (χ1) is 9.47. The fourth-order valence-electron chi connectivity index (χ4n) is 3.26. The van der Waals surface area contributed by atoms with Crippen LogP contribution in [-0.4, -0.2) is 25.3 Å². The largest absolute Gasteiger partial charge is 0.492 e. The van der Waals surface area contributed by atoms with E-state index in [-0.39, 0.29) is 11.5 Å². The van der Waals surface area contributed by atoms with Crippen molar-refractivity contribution in [3.63, 3.8) is 0 Å². The van der Waals surface area contributed by atoms with Gasteiger partial charge >= 0.3 is 5.97 Å². The lowest BCUT2D eigenvalue weighted by molar-refractivity contribution is -0.143. The third-order valence-corrected chi connectivity index (χ3v) is 4.14. The Morgan fingerprint density at radius 3 is 2.25 bits per heavy atom.